The van der Waals surface area contributed by atoms with Crippen LogP contribution in [-0.2, 0) is 0 Å². The van der Waals surface area contributed by atoms with Crippen molar-refractivity contribution in [2.45, 2.75) is 38.5 Å². The lowest BCUT2D eigenvalue weighted by Gasteiger charge is -2.09. The highest BCUT2D eigenvalue weighted by molar-refractivity contribution is 5.91. The number of carbonyl (C=O) groups excluding carboxylic acids is 1. The number of rotatable bonds is 1. The number of carbonyl (C=O) groups is 1. The van der Waals surface area contributed by atoms with Gasteiger partial charge in [0.15, 0.2) is 0 Å². The van der Waals surface area contributed by atoms with Crippen molar-refractivity contribution in [3.05, 3.63) is 0 Å². The molecule has 4 heteroatoms. The smallest absolute Gasteiger partial charge is 0.332 e. The normalized spacial score (nSPS) is 31.0. The quantitative estimate of drug-likeness (QED) is 0.613. The molecule has 2 atom stereocenters. The Morgan fingerprint density at radius 1 is 1.21 bits per heavy atom. The largest absolute Gasteiger partial charge is 0.350 e. The molecular weight excluding hydrogens is 178 g/mol. The van der Waals surface area contributed by atoms with Crippen molar-refractivity contribution in [2.24, 2.45) is 22.7 Å². The number of amides is 2. The van der Waals surface area contributed by atoms with E-state index < -0.39 is 6.03 Å². The molecule has 0 saturated heterocycles. The van der Waals surface area contributed by atoms with E-state index in [-0.39, 0.29) is 0 Å². The first kappa shape index (κ1) is 9.49. The summed E-state index contributed by atoms with van der Waals surface area (Å²) in [7, 11) is 0. The highest BCUT2D eigenvalue weighted by Gasteiger charge is 2.33. The van der Waals surface area contributed by atoms with Gasteiger partial charge in [0.1, 0.15) is 0 Å². The Hall–Kier alpha value is -1.06. The van der Waals surface area contributed by atoms with Crippen LogP contribution in [-0.4, -0.2) is 11.7 Å². The maximum Gasteiger partial charge on any atom is 0.332 e. The van der Waals surface area contributed by atoms with E-state index in [4.69, 9.17) is 5.73 Å². The SMILES string of the molecule is NC(=O)NN=C1C2CCCCC1CC2. The Kier molecular flexibility index (Phi) is 2.70. The van der Waals surface area contributed by atoms with Crippen molar-refractivity contribution in [3.8, 4) is 0 Å². The second-order valence-electron chi connectivity index (χ2n) is 4.27. The van der Waals surface area contributed by atoms with E-state index in [1.165, 1.54) is 44.2 Å². The fourth-order valence-corrected chi connectivity index (χ4v) is 2.70. The fraction of sp³-hybridized carbons (Fsp3) is 0.800. The monoisotopic (exact) mass is 195 g/mol. The number of hydrazone groups is 1. The third-order valence-electron chi connectivity index (χ3n) is 3.35. The topological polar surface area (TPSA) is 67.5 Å². The van der Waals surface area contributed by atoms with Gasteiger partial charge in [-0.1, -0.05) is 12.8 Å². The van der Waals surface area contributed by atoms with Crippen molar-refractivity contribution in [1.29, 1.82) is 0 Å². The van der Waals surface area contributed by atoms with E-state index in [0.717, 1.165) is 0 Å². The van der Waals surface area contributed by atoms with Gasteiger partial charge < -0.3 is 5.73 Å². The number of nitrogens with zero attached hydrogens (tertiary/aromatic N) is 1. The van der Waals surface area contributed by atoms with Crippen LogP contribution in [0.5, 0.6) is 0 Å². The van der Waals surface area contributed by atoms with Crippen LogP contribution < -0.4 is 11.2 Å². The minimum Gasteiger partial charge on any atom is -0.350 e. The van der Waals surface area contributed by atoms with Crippen molar-refractivity contribution < 1.29 is 4.79 Å². The van der Waals surface area contributed by atoms with E-state index in [1.54, 1.807) is 0 Å². The Morgan fingerprint density at radius 2 is 1.79 bits per heavy atom. The summed E-state index contributed by atoms with van der Waals surface area (Å²) >= 11 is 0. The summed E-state index contributed by atoms with van der Waals surface area (Å²) in [5.74, 6) is 1.21. The summed E-state index contributed by atoms with van der Waals surface area (Å²) in [6, 6.07) is -0.554. The zero-order chi connectivity index (χ0) is 9.97. The van der Waals surface area contributed by atoms with E-state index in [0.29, 0.717) is 11.8 Å². The lowest BCUT2D eigenvalue weighted by molar-refractivity contribution is 0.249. The molecule has 4 nitrogen and oxygen atoms in total. The molecule has 2 fully saturated rings. The van der Waals surface area contributed by atoms with E-state index in [2.05, 4.69) is 10.5 Å². The molecule has 0 aromatic carbocycles. The van der Waals surface area contributed by atoms with Crippen LogP contribution in [0.25, 0.3) is 0 Å². The Balaban J connectivity index is 2.08. The first-order valence-electron chi connectivity index (χ1n) is 5.40. The fourth-order valence-electron chi connectivity index (χ4n) is 2.70. The van der Waals surface area contributed by atoms with Crippen molar-refractivity contribution in [1.82, 2.24) is 5.43 Å². The predicted octanol–water partition coefficient (Wildman–Crippen LogP) is 1.61. The van der Waals surface area contributed by atoms with Gasteiger partial charge in [-0.2, -0.15) is 5.10 Å². The van der Waals surface area contributed by atoms with Gasteiger partial charge in [0.05, 0.1) is 0 Å². The van der Waals surface area contributed by atoms with Gasteiger partial charge in [-0.3, -0.25) is 0 Å². The molecule has 2 rings (SSSR count). The van der Waals surface area contributed by atoms with E-state index in [9.17, 15) is 4.79 Å². The average Bonchev–Trinajstić information content (AvgIpc) is 2.36. The van der Waals surface area contributed by atoms with Gasteiger partial charge in [-0.05, 0) is 37.5 Å². The number of urea groups is 1. The summed E-state index contributed by atoms with van der Waals surface area (Å²) in [6.07, 6.45) is 7.55. The molecule has 2 unspecified atom stereocenters. The van der Waals surface area contributed by atoms with E-state index in [1.807, 2.05) is 0 Å². The second-order valence-corrected chi connectivity index (χ2v) is 4.27. The maximum atomic E-state index is 10.6. The molecule has 0 aliphatic heterocycles. The third kappa shape index (κ3) is 1.89. The molecule has 2 bridgehead atoms. The van der Waals surface area contributed by atoms with Crippen LogP contribution in [0, 0.1) is 11.8 Å². The standard InChI is InChI=1S/C10H17N3O/c11-10(14)13-12-9-7-3-1-2-4-8(9)6-5-7/h7-8H,1-6H2,(H3,11,13,14). The molecule has 0 aromatic heterocycles. The van der Waals surface area contributed by atoms with Gasteiger partial charge in [-0.25, -0.2) is 10.2 Å². The zero-order valence-corrected chi connectivity index (χ0v) is 8.33. The summed E-state index contributed by atoms with van der Waals surface area (Å²) in [6.45, 7) is 0. The molecule has 0 aromatic rings. The van der Waals surface area contributed by atoms with Crippen LogP contribution >= 0.6 is 0 Å². The van der Waals surface area contributed by atoms with Gasteiger partial charge in [0.25, 0.3) is 0 Å². The third-order valence-corrected chi connectivity index (χ3v) is 3.35. The van der Waals surface area contributed by atoms with Crippen LogP contribution in [0.2, 0.25) is 0 Å². The molecule has 2 saturated carbocycles. The molecule has 14 heavy (non-hydrogen) atoms. The van der Waals surface area contributed by atoms with Crippen LogP contribution in [0.1, 0.15) is 38.5 Å². The Labute approximate surface area is 83.9 Å². The van der Waals surface area contributed by atoms with Crippen LogP contribution in [0.15, 0.2) is 5.10 Å². The lowest BCUT2D eigenvalue weighted by atomic mass is 10.0. The predicted molar refractivity (Wildman–Crippen MR) is 54.8 cm³/mol. The van der Waals surface area contributed by atoms with Crippen molar-refractivity contribution >= 4 is 11.7 Å². The van der Waals surface area contributed by atoms with Crippen LogP contribution in [0.4, 0.5) is 4.79 Å². The molecule has 2 aliphatic rings. The first-order chi connectivity index (χ1) is 6.77. The number of nitrogens with one attached hydrogen (secondary N) is 1. The Bertz CT molecular complexity index is 246. The number of primary amides is 1. The highest BCUT2D eigenvalue weighted by atomic mass is 16.2. The van der Waals surface area contributed by atoms with E-state index >= 15 is 0 Å². The number of hydrogen-bond donors (Lipinski definition) is 2. The number of hydrogen-bond acceptors (Lipinski definition) is 2. The Morgan fingerprint density at radius 3 is 2.29 bits per heavy atom. The molecule has 0 heterocycles. The van der Waals surface area contributed by atoms with Crippen LogP contribution in [0.3, 0.4) is 0 Å². The molecule has 2 aliphatic carbocycles. The number of nitrogens with two attached hydrogens (primary N) is 1. The van der Waals surface area contributed by atoms with Crippen molar-refractivity contribution in [2.75, 3.05) is 0 Å². The molecule has 3 N–H and O–H groups in total. The molecular formula is C10H17N3O. The van der Waals surface area contributed by atoms with Gasteiger partial charge in [0, 0.05) is 5.71 Å². The van der Waals surface area contributed by atoms with Gasteiger partial charge in [0.2, 0.25) is 0 Å². The lowest BCUT2D eigenvalue weighted by Crippen LogP contribution is -2.27. The average molecular weight is 195 g/mol. The molecule has 0 radical (unpaired) electrons. The molecule has 0 spiro atoms. The minimum absolute atomic E-state index is 0.554. The summed E-state index contributed by atoms with van der Waals surface area (Å²) in [4.78, 5) is 10.6. The molecule has 2 amide bonds. The maximum absolute atomic E-state index is 10.6. The van der Waals surface area contributed by atoms with Crippen molar-refractivity contribution in [3.63, 3.8) is 0 Å². The first-order valence-corrected chi connectivity index (χ1v) is 5.40. The van der Waals surface area contributed by atoms with Gasteiger partial charge >= 0.3 is 6.03 Å². The zero-order valence-electron chi connectivity index (χ0n) is 8.33. The summed E-state index contributed by atoms with van der Waals surface area (Å²) < 4.78 is 0. The minimum atomic E-state index is -0.554. The number of fused-ring (bicyclic) bond motifs is 2. The summed E-state index contributed by atoms with van der Waals surface area (Å²) in [5.41, 5.74) is 8.57. The summed E-state index contributed by atoms with van der Waals surface area (Å²) in [5, 5.41) is 4.16. The molecule has 78 valence electrons. The van der Waals surface area contributed by atoms with Gasteiger partial charge in [-0.15, -0.1) is 0 Å². The second kappa shape index (κ2) is 3.98. The highest BCUT2D eigenvalue weighted by Crippen LogP contribution is 2.38.